The molecule has 0 aromatic rings. The van der Waals surface area contributed by atoms with Crippen LogP contribution in [-0.2, 0) is 0 Å². The predicted molar refractivity (Wildman–Crippen MR) is 42.7 cm³/mol. The average Bonchev–Trinajstić information content (AvgIpc) is 1.67. The van der Waals surface area contributed by atoms with Crippen LogP contribution >= 0.6 is 0 Å². The van der Waals surface area contributed by atoms with Crippen molar-refractivity contribution in [1.29, 1.82) is 0 Å². The molecule has 0 fully saturated rings. The molecule has 1 radical (unpaired) electrons. The molecule has 0 N–H and O–H groups in total. The zero-order chi connectivity index (χ0) is 6.62. The molecule has 0 aliphatic rings. The molecule has 0 aromatic heterocycles. The van der Waals surface area contributed by atoms with Crippen LogP contribution in [0.5, 0.6) is 0 Å². The Morgan fingerprint density at radius 3 is 2.00 bits per heavy atom. The van der Waals surface area contributed by atoms with Crippen molar-refractivity contribution >= 4 is 8.07 Å². The van der Waals surface area contributed by atoms with E-state index >= 15 is 0 Å². The van der Waals surface area contributed by atoms with E-state index in [1.807, 2.05) is 0 Å². The minimum Gasteiger partial charge on any atom is -0.0693 e. The fourth-order valence-electron chi connectivity index (χ4n) is 0.802. The van der Waals surface area contributed by atoms with Gasteiger partial charge in [-0.25, -0.2) is 0 Å². The number of rotatable bonds is 3. The molecule has 0 atom stereocenters. The zero-order valence-electron chi connectivity index (χ0n) is 6.33. The summed E-state index contributed by atoms with van der Waals surface area (Å²) in [6, 6.07) is 2.64. The lowest BCUT2D eigenvalue weighted by atomic mass is 10.6. The van der Waals surface area contributed by atoms with Gasteiger partial charge in [-0.2, -0.15) is 0 Å². The predicted octanol–water partition coefficient (Wildman–Crippen LogP) is 2.94. The van der Waals surface area contributed by atoms with Crippen molar-refractivity contribution in [2.45, 2.75) is 38.5 Å². The van der Waals surface area contributed by atoms with E-state index in [0.717, 1.165) is 0 Å². The molecule has 0 amide bonds. The minimum atomic E-state index is -0.788. The van der Waals surface area contributed by atoms with Crippen molar-refractivity contribution in [3.05, 3.63) is 6.92 Å². The van der Waals surface area contributed by atoms with Crippen LogP contribution in [0.4, 0.5) is 0 Å². The third-order valence-electron chi connectivity index (χ3n) is 1.60. The maximum Gasteiger partial charge on any atom is 0.0473 e. The van der Waals surface area contributed by atoms with Gasteiger partial charge in [0.2, 0.25) is 0 Å². The van der Waals surface area contributed by atoms with Crippen LogP contribution in [0.15, 0.2) is 0 Å². The smallest absolute Gasteiger partial charge is 0.0473 e. The lowest BCUT2D eigenvalue weighted by Gasteiger charge is -2.17. The van der Waals surface area contributed by atoms with Crippen LogP contribution < -0.4 is 0 Å². The molecule has 0 saturated carbocycles. The van der Waals surface area contributed by atoms with E-state index in [2.05, 4.69) is 26.9 Å². The van der Waals surface area contributed by atoms with Gasteiger partial charge in [0.15, 0.2) is 0 Å². The Kier molecular flexibility index (Phi) is 3.37. The van der Waals surface area contributed by atoms with E-state index in [4.69, 9.17) is 0 Å². The van der Waals surface area contributed by atoms with E-state index in [9.17, 15) is 0 Å². The standard InChI is InChI=1S/C7H17Si/c1-5-7-8(3,4)6-2/h2,5-7H2,1,3-4H3. The quantitative estimate of drug-likeness (QED) is 0.514. The first-order valence-corrected chi connectivity index (χ1v) is 6.83. The topological polar surface area (TPSA) is 0 Å². The third kappa shape index (κ3) is 3.25. The van der Waals surface area contributed by atoms with Gasteiger partial charge in [-0.1, -0.05) is 45.5 Å². The Morgan fingerprint density at radius 2 is 1.88 bits per heavy atom. The Balaban J connectivity index is 3.37. The highest BCUT2D eigenvalue weighted by molar-refractivity contribution is 6.77. The van der Waals surface area contributed by atoms with Crippen LogP contribution in [-0.4, -0.2) is 8.07 Å². The van der Waals surface area contributed by atoms with Crippen molar-refractivity contribution in [2.24, 2.45) is 0 Å². The van der Waals surface area contributed by atoms with Crippen LogP contribution in [0.2, 0.25) is 25.2 Å². The van der Waals surface area contributed by atoms with Crippen LogP contribution in [0.1, 0.15) is 13.3 Å². The van der Waals surface area contributed by atoms with Gasteiger partial charge in [-0.15, -0.1) is 0 Å². The lowest BCUT2D eigenvalue weighted by molar-refractivity contribution is 1.04. The van der Waals surface area contributed by atoms with E-state index in [1.54, 1.807) is 0 Å². The van der Waals surface area contributed by atoms with Crippen molar-refractivity contribution in [1.82, 2.24) is 0 Å². The molecule has 8 heavy (non-hydrogen) atoms. The molecule has 49 valence electrons. The second-order valence-corrected chi connectivity index (χ2v) is 8.49. The molecule has 0 saturated heterocycles. The van der Waals surface area contributed by atoms with E-state index < -0.39 is 8.07 Å². The highest BCUT2D eigenvalue weighted by Crippen LogP contribution is 2.15. The molecule has 0 aliphatic heterocycles. The largest absolute Gasteiger partial charge is 0.0693 e. The van der Waals surface area contributed by atoms with Crippen molar-refractivity contribution in [3.8, 4) is 0 Å². The normalized spacial score (nSPS) is 12.0. The average molecular weight is 129 g/mol. The summed E-state index contributed by atoms with van der Waals surface area (Å²) in [5.74, 6) is 0. The van der Waals surface area contributed by atoms with Gasteiger partial charge in [0.05, 0.1) is 0 Å². The molecule has 0 unspecified atom stereocenters. The molecule has 0 nitrogen and oxygen atoms in total. The Hall–Kier alpha value is 0.217. The first-order valence-electron chi connectivity index (χ1n) is 3.41. The molecule has 1 heteroatoms. The summed E-state index contributed by atoms with van der Waals surface area (Å²) < 4.78 is 0. The molecular formula is C7H17Si. The van der Waals surface area contributed by atoms with Gasteiger partial charge in [-0.05, 0) is 0 Å². The van der Waals surface area contributed by atoms with Gasteiger partial charge >= 0.3 is 0 Å². The molecule has 0 rings (SSSR count). The monoisotopic (exact) mass is 129 g/mol. The zero-order valence-corrected chi connectivity index (χ0v) is 7.33. The Bertz CT molecular complexity index is 57.4. The summed E-state index contributed by atoms with van der Waals surface area (Å²) in [5, 5.41) is 0. The lowest BCUT2D eigenvalue weighted by Crippen LogP contribution is -2.22. The van der Waals surface area contributed by atoms with E-state index in [1.165, 1.54) is 18.5 Å². The summed E-state index contributed by atoms with van der Waals surface area (Å²) in [7, 11) is -0.788. The van der Waals surface area contributed by atoms with Crippen LogP contribution in [0.3, 0.4) is 0 Å². The SMILES string of the molecule is [CH2]C[Si](C)(C)CCC. The van der Waals surface area contributed by atoms with Crippen LogP contribution in [0, 0.1) is 6.92 Å². The summed E-state index contributed by atoms with van der Waals surface area (Å²) in [4.78, 5) is 0. The summed E-state index contributed by atoms with van der Waals surface area (Å²) in [6.45, 7) is 11.0. The van der Waals surface area contributed by atoms with Gasteiger partial charge < -0.3 is 0 Å². The summed E-state index contributed by atoms with van der Waals surface area (Å²) in [6.07, 6.45) is 1.34. The number of hydrogen-bond donors (Lipinski definition) is 0. The van der Waals surface area contributed by atoms with Crippen LogP contribution in [0.25, 0.3) is 0 Å². The second-order valence-electron chi connectivity index (χ2n) is 3.16. The van der Waals surface area contributed by atoms with Crippen molar-refractivity contribution < 1.29 is 0 Å². The fraction of sp³-hybridized carbons (Fsp3) is 0.857. The molecule has 0 aromatic carbocycles. The van der Waals surface area contributed by atoms with Gasteiger partial charge in [-0.3, -0.25) is 0 Å². The molecule has 0 spiro atoms. The second kappa shape index (κ2) is 3.28. The Morgan fingerprint density at radius 1 is 1.38 bits per heavy atom. The van der Waals surface area contributed by atoms with E-state index in [0.29, 0.717) is 0 Å². The maximum atomic E-state index is 3.94. The van der Waals surface area contributed by atoms with Gasteiger partial charge in [0.1, 0.15) is 0 Å². The van der Waals surface area contributed by atoms with Crippen molar-refractivity contribution in [3.63, 3.8) is 0 Å². The highest BCUT2D eigenvalue weighted by Gasteiger charge is 2.14. The number of hydrogen-bond acceptors (Lipinski definition) is 0. The summed E-state index contributed by atoms with van der Waals surface area (Å²) >= 11 is 0. The fourth-order valence-corrected chi connectivity index (χ4v) is 2.41. The molecular weight excluding hydrogens is 112 g/mol. The molecule has 0 aliphatic carbocycles. The van der Waals surface area contributed by atoms with Gasteiger partial charge in [0, 0.05) is 8.07 Å². The molecule has 0 bridgehead atoms. The highest BCUT2D eigenvalue weighted by atomic mass is 28.3. The van der Waals surface area contributed by atoms with E-state index in [-0.39, 0.29) is 0 Å². The minimum absolute atomic E-state index is 0.788. The Labute approximate surface area is 54.3 Å². The first kappa shape index (κ1) is 8.22. The molecule has 0 heterocycles. The third-order valence-corrected chi connectivity index (χ3v) is 4.81. The first-order chi connectivity index (χ1) is 3.62. The van der Waals surface area contributed by atoms with Crippen molar-refractivity contribution in [2.75, 3.05) is 0 Å². The van der Waals surface area contributed by atoms with Gasteiger partial charge in [0.25, 0.3) is 0 Å². The summed E-state index contributed by atoms with van der Waals surface area (Å²) in [5.41, 5.74) is 0. The maximum absolute atomic E-state index is 3.94.